The Bertz CT molecular complexity index is 596. The van der Waals surface area contributed by atoms with Crippen LogP contribution < -0.4 is 5.32 Å². The van der Waals surface area contributed by atoms with Crippen LogP contribution in [0.1, 0.15) is 0 Å². The summed E-state index contributed by atoms with van der Waals surface area (Å²) in [6, 6.07) is 25.4. The number of nitrogens with one attached hydrogen (secondary N) is 1. The molecule has 3 rings (SSSR count). The Morgan fingerprint density at radius 1 is 0.667 bits per heavy atom. The van der Waals surface area contributed by atoms with E-state index < -0.39 is 0 Å². The predicted molar refractivity (Wildman–Crippen MR) is 94.6 cm³/mol. The Kier molecular flexibility index (Phi) is 6.07. The van der Waals surface area contributed by atoms with Crippen LogP contribution in [0.3, 0.4) is 0 Å². The second-order valence-corrected chi connectivity index (χ2v) is 5.56. The third-order valence-electron chi connectivity index (χ3n) is 2.89. The first-order chi connectivity index (χ1) is 10.3. The SMILES string of the molecule is CNC.c1ccc(-c2cc[s+]c(-c3ccccc3)c2)cc1. The van der Waals surface area contributed by atoms with Gasteiger partial charge in [0.15, 0.2) is 5.38 Å². The van der Waals surface area contributed by atoms with Crippen LogP contribution in [0, 0.1) is 0 Å². The molecule has 1 N–H and O–H groups in total. The predicted octanol–water partition coefficient (Wildman–Crippen LogP) is 5.20. The lowest BCUT2D eigenvalue weighted by Crippen LogP contribution is -1.89. The number of benzene rings is 2. The summed E-state index contributed by atoms with van der Waals surface area (Å²) in [5.74, 6) is 0. The van der Waals surface area contributed by atoms with Crippen LogP contribution in [0.5, 0.6) is 0 Å². The van der Waals surface area contributed by atoms with Crippen molar-refractivity contribution in [3.05, 3.63) is 78.2 Å². The Morgan fingerprint density at radius 2 is 1.19 bits per heavy atom. The third kappa shape index (κ3) is 4.48. The van der Waals surface area contributed by atoms with Crippen LogP contribution in [-0.4, -0.2) is 14.1 Å². The summed E-state index contributed by atoms with van der Waals surface area (Å²) >= 11 is 1.77. The van der Waals surface area contributed by atoms with Gasteiger partial charge in [-0.25, -0.2) is 0 Å². The highest BCUT2D eigenvalue weighted by atomic mass is 32.1. The zero-order chi connectivity index (χ0) is 14.9. The minimum absolute atomic E-state index is 1.27. The molecular formula is C19H20NS+. The molecule has 106 valence electrons. The van der Waals surface area contributed by atoms with Crippen LogP contribution in [0.4, 0.5) is 0 Å². The Balaban J connectivity index is 0.000000497. The van der Waals surface area contributed by atoms with E-state index >= 15 is 0 Å². The molecule has 21 heavy (non-hydrogen) atoms. The summed E-state index contributed by atoms with van der Waals surface area (Å²) in [6.07, 6.45) is 0. The summed E-state index contributed by atoms with van der Waals surface area (Å²) in [7, 11) is 3.75. The van der Waals surface area contributed by atoms with Crippen molar-refractivity contribution in [2.24, 2.45) is 0 Å². The Hall–Kier alpha value is -2.03. The molecule has 0 aliphatic rings. The molecule has 0 atom stereocenters. The van der Waals surface area contributed by atoms with Gasteiger partial charge in [0.2, 0.25) is 16.2 Å². The third-order valence-corrected chi connectivity index (χ3v) is 3.77. The quantitative estimate of drug-likeness (QED) is 0.641. The fourth-order valence-electron chi connectivity index (χ4n) is 1.97. The van der Waals surface area contributed by atoms with E-state index in [1.54, 1.807) is 11.3 Å². The van der Waals surface area contributed by atoms with Crippen LogP contribution in [-0.2, 0) is 0 Å². The molecule has 0 spiro atoms. The van der Waals surface area contributed by atoms with Gasteiger partial charge >= 0.3 is 0 Å². The van der Waals surface area contributed by atoms with E-state index in [0.717, 1.165) is 0 Å². The van der Waals surface area contributed by atoms with Crippen LogP contribution in [0.25, 0.3) is 21.6 Å². The molecule has 0 aliphatic heterocycles. The standard InChI is InChI=1S/C17H13S.C2H7N/c1-3-7-14(8-4-1)16-11-12-18-17(13-16)15-9-5-2-6-10-15;1-3-2/h1-13H;3H,1-2H3/q+1;. The first-order valence-corrected chi connectivity index (χ1v) is 7.84. The lowest BCUT2D eigenvalue weighted by atomic mass is 10.1. The second kappa shape index (κ2) is 8.30. The lowest BCUT2D eigenvalue weighted by Gasteiger charge is -1.99. The van der Waals surface area contributed by atoms with Gasteiger partial charge in [-0.3, -0.25) is 0 Å². The van der Waals surface area contributed by atoms with E-state index in [1.165, 1.54) is 21.6 Å². The van der Waals surface area contributed by atoms with Gasteiger partial charge in [-0.1, -0.05) is 48.5 Å². The van der Waals surface area contributed by atoms with Gasteiger partial charge in [0, 0.05) is 17.7 Å². The first kappa shape index (κ1) is 15.4. The normalized spacial score (nSPS) is 9.62. The van der Waals surface area contributed by atoms with Gasteiger partial charge in [-0.15, -0.1) is 0 Å². The molecule has 0 saturated carbocycles. The topological polar surface area (TPSA) is 12.0 Å². The van der Waals surface area contributed by atoms with Gasteiger partial charge < -0.3 is 5.32 Å². The van der Waals surface area contributed by atoms with E-state index in [0.29, 0.717) is 0 Å². The molecule has 2 heteroatoms. The van der Waals surface area contributed by atoms with Crippen LogP contribution in [0.15, 0.2) is 78.2 Å². The van der Waals surface area contributed by atoms with E-state index in [9.17, 15) is 0 Å². The molecule has 0 amide bonds. The maximum absolute atomic E-state index is 2.75. The Labute approximate surface area is 130 Å². The highest BCUT2D eigenvalue weighted by Gasteiger charge is 2.10. The van der Waals surface area contributed by atoms with Gasteiger partial charge in [0.05, 0.1) is 0 Å². The van der Waals surface area contributed by atoms with Crippen molar-refractivity contribution in [3.63, 3.8) is 0 Å². The van der Waals surface area contributed by atoms with Gasteiger partial charge in [0.25, 0.3) is 0 Å². The van der Waals surface area contributed by atoms with Crippen molar-refractivity contribution in [2.45, 2.75) is 0 Å². The number of rotatable bonds is 2. The minimum Gasteiger partial charge on any atom is -0.323 e. The maximum atomic E-state index is 2.75. The molecule has 0 saturated heterocycles. The maximum Gasteiger partial charge on any atom is 0.238 e. The van der Waals surface area contributed by atoms with Gasteiger partial charge in [0.1, 0.15) is 0 Å². The summed E-state index contributed by atoms with van der Waals surface area (Å²) < 4.78 is 0. The van der Waals surface area contributed by atoms with Crippen LogP contribution >= 0.6 is 11.3 Å². The Morgan fingerprint density at radius 3 is 1.76 bits per heavy atom. The van der Waals surface area contributed by atoms with Crippen molar-refractivity contribution in [3.8, 4) is 21.6 Å². The molecule has 0 bridgehead atoms. The molecular weight excluding hydrogens is 274 g/mol. The molecule has 0 fully saturated rings. The van der Waals surface area contributed by atoms with Gasteiger partial charge in [-0.2, -0.15) is 0 Å². The van der Waals surface area contributed by atoms with Crippen molar-refractivity contribution in [1.82, 2.24) is 5.32 Å². The van der Waals surface area contributed by atoms with Crippen molar-refractivity contribution in [2.75, 3.05) is 14.1 Å². The zero-order valence-electron chi connectivity index (χ0n) is 12.4. The zero-order valence-corrected chi connectivity index (χ0v) is 13.2. The molecule has 1 aromatic heterocycles. The number of hydrogen-bond donors (Lipinski definition) is 1. The highest BCUT2D eigenvalue weighted by molar-refractivity contribution is 7.13. The highest BCUT2D eigenvalue weighted by Crippen LogP contribution is 2.29. The smallest absolute Gasteiger partial charge is 0.238 e. The average molecular weight is 294 g/mol. The molecule has 1 heterocycles. The average Bonchev–Trinajstić information content (AvgIpc) is 2.57. The largest absolute Gasteiger partial charge is 0.323 e. The lowest BCUT2D eigenvalue weighted by molar-refractivity contribution is 1.02. The second-order valence-electron chi connectivity index (χ2n) is 4.62. The monoisotopic (exact) mass is 294 g/mol. The fraction of sp³-hybridized carbons (Fsp3) is 0.105. The summed E-state index contributed by atoms with van der Waals surface area (Å²) in [4.78, 5) is 1.30. The molecule has 0 aliphatic carbocycles. The summed E-state index contributed by atoms with van der Waals surface area (Å²) in [5, 5.41) is 4.91. The molecule has 1 nitrogen and oxygen atoms in total. The van der Waals surface area contributed by atoms with E-state index in [4.69, 9.17) is 0 Å². The first-order valence-electron chi connectivity index (χ1n) is 6.96. The van der Waals surface area contributed by atoms with E-state index in [2.05, 4.69) is 77.4 Å². The van der Waals surface area contributed by atoms with Crippen molar-refractivity contribution in [1.29, 1.82) is 0 Å². The number of hydrogen-bond acceptors (Lipinski definition) is 1. The molecule has 3 aromatic rings. The van der Waals surface area contributed by atoms with E-state index in [-0.39, 0.29) is 0 Å². The summed E-state index contributed by atoms with van der Waals surface area (Å²) in [6.45, 7) is 0. The van der Waals surface area contributed by atoms with E-state index in [1.807, 2.05) is 20.2 Å². The van der Waals surface area contributed by atoms with Gasteiger partial charge in [-0.05, 0) is 37.4 Å². The molecule has 2 aromatic carbocycles. The van der Waals surface area contributed by atoms with Crippen LogP contribution in [0.2, 0.25) is 0 Å². The summed E-state index contributed by atoms with van der Waals surface area (Å²) in [5.41, 5.74) is 3.82. The van der Waals surface area contributed by atoms with Crippen molar-refractivity contribution >= 4 is 11.3 Å². The molecule has 0 unspecified atom stereocenters. The minimum atomic E-state index is 1.27. The molecule has 0 radical (unpaired) electrons. The fourth-order valence-corrected chi connectivity index (χ4v) is 2.80. The van der Waals surface area contributed by atoms with Crippen molar-refractivity contribution < 1.29 is 0 Å².